The lowest BCUT2D eigenvalue weighted by Gasteiger charge is -2.25. The zero-order valence-electron chi connectivity index (χ0n) is 18.0. The van der Waals surface area contributed by atoms with E-state index in [4.69, 9.17) is 0 Å². The monoisotopic (exact) mass is 448 g/mol. The number of thioether (sulfide) groups is 1. The first-order valence-electron chi connectivity index (χ1n) is 10.6. The van der Waals surface area contributed by atoms with Crippen LogP contribution in [0.5, 0.6) is 0 Å². The van der Waals surface area contributed by atoms with Crippen molar-refractivity contribution in [1.29, 1.82) is 0 Å². The zero-order chi connectivity index (χ0) is 22.7. The van der Waals surface area contributed by atoms with E-state index in [1.54, 1.807) is 12.1 Å². The fraction of sp³-hybridized carbons (Fsp3) is 0.231. The molecule has 32 heavy (non-hydrogen) atoms. The number of benzene rings is 3. The highest BCUT2D eigenvalue weighted by molar-refractivity contribution is 8.00. The lowest BCUT2D eigenvalue weighted by atomic mass is 9.95. The summed E-state index contributed by atoms with van der Waals surface area (Å²) >= 11 is 1.47. The van der Waals surface area contributed by atoms with Gasteiger partial charge in [-0.05, 0) is 54.3 Å². The molecule has 3 aromatic rings. The summed E-state index contributed by atoms with van der Waals surface area (Å²) in [4.78, 5) is 26.9. The number of nitrogens with one attached hydrogen (secondary N) is 1. The number of amides is 2. The second-order valence-corrected chi connectivity index (χ2v) is 8.93. The molecular weight excluding hydrogens is 423 g/mol. The average Bonchev–Trinajstić information content (AvgIpc) is 3.18. The van der Waals surface area contributed by atoms with Gasteiger partial charge in [0.05, 0.1) is 17.4 Å². The van der Waals surface area contributed by atoms with E-state index in [9.17, 15) is 14.0 Å². The number of halogens is 1. The van der Waals surface area contributed by atoms with Crippen molar-refractivity contribution in [2.75, 3.05) is 16.0 Å². The predicted octanol–water partition coefficient (Wildman–Crippen LogP) is 6.05. The van der Waals surface area contributed by atoms with Gasteiger partial charge in [0.25, 0.3) is 0 Å². The minimum Gasteiger partial charge on any atom is -0.326 e. The molecule has 4 nitrogen and oxygen atoms in total. The maximum Gasteiger partial charge on any atom is 0.238 e. The fourth-order valence-electron chi connectivity index (χ4n) is 3.96. The van der Waals surface area contributed by atoms with Crippen LogP contribution in [0, 0.1) is 12.7 Å². The van der Waals surface area contributed by atoms with Gasteiger partial charge in [0.2, 0.25) is 11.8 Å². The quantitative estimate of drug-likeness (QED) is 0.500. The third-order valence-corrected chi connectivity index (χ3v) is 6.83. The van der Waals surface area contributed by atoms with Gasteiger partial charge < -0.3 is 5.32 Å². The van der Waals surface area contributed by atoms with Crippen molar-refractivity contribution in [1.82, 2.24) is 0 Å². The van der Waals surface area contributed by atoms with Crippen molar-refractivity contribution in [3.05, 3.63) is 95.3 Å². The van der Waals surface area contributed by atoms with E-state index in [-0.39, 0.29) is 23.1 Å². The Morgan fingerprint density at radius 3 is 2.53 bits per heavy atom. The van der Waals surface area contributed by atoms with Gasteiger partial charge in [0.1, 0.15) is 11.2 Å². The summed E-state index contributed by atoms with van der Waals surface area (Å²) in [5, 5.41) is 2.68. The highest BCUT2D eigenvalue weighted by Crippen LogP contribution is 2.43. The number of carbonyl (C=O) groups is 2. The van der Waals surface area contributed by atoms with E-state index in [0.29, 0.717) is 23.5 Å². The van der Waals surface area contributed by atoms with Crippen LogP contribution in [-0.4, -0.2) is 17.6 Å². The largest absolute Gasteiger partial charge is 0.326 e. The number of anilines is 2. The number of hydrogen-bond donors (Lipinski definition) is 1. The van der Waals surface area contributed by atoms with Gasteiger partial charge in [0.15, 0.2) is 0 Å². The van der Waals surface area contributed by atoms with Crippen molar-refractivity contribution in [3.8, 4) is 0 Å². The molecule has 1 aliphatic rings. The van der Waals surface area contributed by atoms with Crippen LogP contribution in [0.15, 0.2) is 72.8 Å². The van der Waals surface area contributed by atoms with Gasteiger partial charge in [-0.25, -0.2) is 4.39 Å². The number of aryl methyl sites for hydroxylation is 1. The van der Waals surface area contributed by atoms with E-state index in [2.05, 4.69) is 5.32 Å². The smallest absolute Gasteiger partial charge is 0.238 e. The van der Waals surface area contributed by atoms with Gasteiger partial charge in [-0.15, -0.1) is 11.8 Å². The number of rotatable bonds is 6. The Kier molecular flexibility index (Phi) is 6.61. The van der Waals surface area contributed by atoms with E-state index >= 15 is 0 Å². The van der Waals surface area contributed by atoms with Gasteiger partial charge in [-0.1, -0.05) is 55.5 Å². The molecule has 1 fully saturated rings. The lowest BCUT2D eigenvalue weighted by Crippen LogP contribution is -2.28. The molecule has 1 saturated heterocycles. The van der Waals surface area contributed by atoms with Crippen molar-refractivity contribution < 1.29 is 14.0 Å². The maximum atomic E-state index is 14.5. The molecule has 1 aliphatic heterocycles. The van der Waals surface area contributed by atoms with E-state index in [1.165, 1.54) is 22.7 Å². The molecule has 0 aromatic heterocycles. The molecule has 2 amide bonds. The van der Waals surface area contributed by atoms with Crippen LogP contribution in [-0.2, 0) is 9.59 Å². The van der Waals surface area contributed by atoms with Crippen LogP contribution >= 0.6 is 11.8 Å². The topological polar surface area (TPSA) is 49.4 Å². The minimum atomic E-state index is -0.410. The third kappa shape index (κ3) is 4.55. The second kappa shape index (κ2) is 9.57. The predicted molar refractivity (Wildman–Crippen MR) is 128 cm³/mol. The Hall–Kier alpha value is -3.12. The molecule has 1 heterocycles. The number of carbonyl (C=O) groups excluding carboxylic acids is 2. The van der Waals surface area contributed by atoms with Crippen molar-refractivity contribution in [2.45, 2.75) is 31.6 Å². The highest BCUT2D eigenvalue weighted by atomic mass is 32.2. The van der Waals surface area contributed by atoms with Gasteiger partial charge in [-0.2, -0.15) is 0 Å². The lowest BCUT2D eigenvalue weighted by molar-refractivity contribution is -0.118. The van der Waals surface area contributed by atoms with Crippen LogP contribution in [0.2, 0.25) is 0 Å². The molecule has 0 radical (unpaired) electrons. The first-order valence-corrected chi connectivity index (χ1v) is 11.7. The summed E-state index contributed by atoms with van der Waals surface area (Å²) in [5.41, 5.74) is 3.76. The average molecular weight is 449 g/mol. The molecule has 0 saturated carbocycles. The fourth-order valence-corrected chi connectivity index (χ4v) is 5.13. The van der Waals surface area contributed by atoms with Crippen molar-refractivity contribution in [2.24, 2.45) is 0 Å². The Morgan fingerprint density at radius 1 is 1.12 bits per heavy atom. The van der Waals surface area contributed by atoms with Crippen molar-refractivity contribution >= 4 is 35.0 Å². The summed E-state index contributed by atoms with van der Waals surface area (Å²) in [5.74, 6) is -0.507. The number of nitrogens with zero attached hydrogens (tertiary/aromatic N) is 1. The van der Waals surface area contributed by atoms with E-state index in [0.717, 1.165) is 16.7 Å². The Morgan fingerprint density at radius 2 is 1.84 bits per heavy atom. The van der Waals surface area contributed by atoms with Gasteiger partial charge >= 0.3 is 0 Å². The van der Waals surface area contributed by atoms with Crippen LogP contribution in [0.4, 0.5) is 15.8 Å². The third-order valence-electron chi connectivity index (χ3n) is 5.62. The molecule has 1 N–H and O–H groups in total. The molecule has 0 aliphatic carbocycles. The SMILES string of the molecule is CCC(C(=O)Nc1ccc(C2SCC(=O)N2c2cc(C)ccc2F)cc1)c1ccccc1. The molecule has 6 heteroatoms. The standard InChI is InChI=1S/C26H25FN2O2S/c1-3-21(18-7-5-4-6-8-18)25(31)28-20-12-10-19(11-13-20)26-29(24(30)16-32-26)23-15-17(2)9-14-22(23)27/h4-15,21,26H,3,16H2,1-2H3,(H,28,31). The summed E-state index contributed by atoms with van der Waals surface area (Å²) in [6.07, 6.45) is 0.700. The van der Waals surface area contributed by atoms with Crippen LogP contribution in [0.3, 0.4) is 0 Å². The maximum absolute atomic E-state index is 14.5. The van der Waals surface area contributed by atoms with Crippen LogP contribution < -0.4 is 10.2 Å². The first kappa shape index (κ1) is 22.1. The Balaban J connectivity index is 1.52. The summed E-state index contributed by atoms with van der Waals surface area (Å²) in [6.45, 7) is 3.87. The molecule has 4 rings (SSSR count). The first-order chi connectivity index (χ1) is 15.5. The van der Waals surface area contributed by atoms with Gasteiger partial charge in [0, 0.05) is 5.69 Å². The van der Waals surface area contributed by atoms with Crippen molar-refractivity contribution in [3.63, 3.8) is 0 Å². The summed E-state index contributed by atoms with van der Waals surface area (Å²) < 4.78 is 14.5. The molecule has 0 bridgehead atoms. The molecule has 2 atom stereocenters. The molecule has 2 unspecified atom stereocenters. The Labute approximate surface area is 191 Å². The Bertz CT molecular complexity index is 1120. The number of hydrogen-bond acceptors (Lipinski definition) is 3. The van der Waals surface area contributed by atoms with E-state index in [1.807, 2.05) is 68.4 Å². The summed E-state index contributed by atoms with van der Waals surface area (Å²) in [7, 11) is 0. The zero-order valence-corrected chi connectivity index (χ0v) is 18.9. The second-order valence-electron chi connectivity index (χ2n) is 7.86. The van der Waals surface area contributed by atoms with Gasteiger partial charge in [-0.3, -0.25) is 14.5 Å². The highest BCUT2D eigenvalue weighted by Gasteiger charge is 2.35. The van der Waals surface area contributed by atoms with E-state index < -0.39 is 5.82 Å². The molecule has 0 spiro atoms. The normalized spacial score (nSPS) is 16.8. The minimum absolute atomic E-state index is 0.0553. The summed E-state index contributed by atoms with van der Waals surface area (Å²) in [6, 6.07) is 22.0. The van der Waals surface area contributed by atoms with Crippen LogP contribution in [0.1, 0.15) is 41.3 Å². The molecule has 164 valence electrons. The van der Waals surface area contributed by atoms with Crippen LogP contribution in [0.25, 0.3) is 0 Å². The molecular formula is C26H25FN2O2S. The molecule has 3 aromatic carbocycles.